The Balaban J connectivity index is 1.97. The molecular weight excluding hydrogens is 238 g/mol. The molecule has 0 aromatic heterocycles. The number of halogens is 1. The van der Waals surface area contributed by atoms with Crippen LogP contribution in [0.5, 0.6) is 0 Å². The van der Waals surface area contributed by atoms with Crippen molar-refractivity contribution in [1.29, 1.82) is 0 Å². The highest BCUT2D eigenvalue weighted by Crippen LogP contribution is 2.17. The van der Waals surface area contributed by atoms with Crippen molar-refractivity contribution in [2.75, 3.05) is 19.0 Å². The molecule has 0 N–H and O–H groups in total. The molecular formula is C13H16ClNO2. The summed E-state index contributed by atoms with van der Waals surface area (Å²) in [5.41, 5.74) is 1.23. The summed E-state index contributed by atoms with van der Waals surface area (Å²) >= 11 is 5.66. The fourth-order valence-electron chi connectivity index (χ4n) is 2.05. The molecule has 1 aliphatic rings. The minimum absolute atomic E-state index is 0.146. The molecule has 1 saturated heterocycles. The summed E-state index contributed by atoms with van der Waals surface area (Å²) in [6.07, 6.45) is 1.44. The second kappa shape index (κ2) is 5.92. The third-order valence-electron chi connectivity index (χ3n) is 2.92. The minimum Gasteiger partial charge on any atom is -0.447 e. The summed E-state index contributed by atoms with van der Waals surface area (Å²) in [5, 5.41) is 0. The Bertz CT molecular complexity index is 369. The highest BCUT2D eigenvalue weighted by atomic mass is 35.5. The van der Waals surface area contributed by atoms with Crippen molar-refractivity contribution in [3.63, 3.8) is 0 Å². The molecule has 1 amide bonds. The number of ether oxygens (including phenoxy) is 1. The van der Waals surface area contributed by atoms with Crippen molar-refractivity contribution in [1.82, 2.24) is 4.90 Å². The minimum atomic E-state index is -0.212. The lowest BCUT2D eigenvalue weighted by Gasteiger charge is -2.20. The number of carbonyl (C=O) groups excluding carboxylic acids is 1. The molecule has 1 aliphatic heterocycles. The Labute approximate surface area is 106 Å². The third kappa shape index (κ3) is 3.13. The summed E-state index contributed by atoms with van der Waals surface area (Å²) in [7, 11) is 0. The van der Waals surface area contributed by atoms with Gasteiger partial charge in [0.2, 0.25) is 0 Å². The van der Waals surface area contributed by atoms with Crippen LogP contribution in [0.2, 0.25) is 0 Å². The van der Waals surface area contributed by atoms with Crippen LogP contribution in [0, 0.1) is 0 Å². The molecule has 4 heteroatoms. The van der Waals surface area contributed by atoms with Crippen LogP contribution in [0.15, 0.2) is 30.3 Å². The van der Waals surface area contributed by atoms with Gasteiger partial charge in [0.25, 0.3) is 0 Å². The van der Waals surface area contributed by atoms with Gasteiger partial charge in [-0.3, -0.25) is 0 Å². The van der Waals surface area contributed by atoms with E-state index in [1.165, 1.54) is 5.56 Å². The van der Waals surface area contributed by atoms with E-state index < -0.39 is 0 Å². The maximum Gasteiger partial charge on any atom is 0.410 e. The average molecular weight is 254 g/mol. The molecule has 17 heavy (non-hydrogen) atoms. The lowest BCUT2D eigenvalue weighted by Crippen LogP contribution is -2.36. The van der Waals surface area contributed by atoms with Crippen LogP contribution in [0.3, 0.4) is 0 Å². The van der Waals surface area contributed by atoms with E-state index >= 15 is 0 Å². The van der Waals surface area contributed by atoms with E-state index in [2.05, 4.69) is 12.1 Å². The largest absolute Gasteiger partial charge is 0.447 e. The Kier molecular flexibility index (Phi) is 4.26. The first-order valence-corrected chi connectivity index (χ1v) is 6.38. The normalized spacial score (nSPS) is 19.5. The van der Waals surface area contributed by atoms with Crippen LogP contribution in [0.1, 0.15) is 12.0 Å². The lowest BCUT2D eigenvalue weighted by molar-refractivity contribution is 0.158. The molecule has 1 heterocycles. The van der Waals surface area contributed by atoms with E-state index in [0.29, 0.717) is 19.0 Å². The van der Waals surface area contributed by atoms with Crippen LogP contribution < -0.4 is 0 Å². The molecule has 1 aromatic carbocycles. The molecule has 1 aromatic rings. The third-order valence-corrected chi connectivity index (χ3v) is 3.19. The van der Waals surface area contributed by atoms with Crippen LogP contribution >= 0.6 is 11.6 Å². The summed E-state index contributed by atoms with van der Waals surface area (Å²) in [4.78, 5) is 13.3. The number of cyclic esters (lactones) is 1. The molecule has 0 saturated carbocycles. The summed E-state index contributed by atoms with van der Waals surface area (Å²) in [6, 6.07) is 10.3. The first kappa shape index (κ1) is 12.2. The van der Waals surface area contributed by atoms with Crippen molar-refractivity contribution in [2.45, 2.75) is 18.9 Å². The highest BCUT2D eigenvalue weighted by molar-refractivity contribution is 6.17. The number of carbonyl (C=O) groups is 1. The molecule has 1 fully saturated rings. The zero-order valence-electron chi connectivity index (χ0n) is 9.64. The van der Waals surface area contributed by atoms with E-state index in [-0.39, 0.29) is 12.1 Å². The Morgan fingerprint density at radius 3 is 2.82 bits per heavy atom. The first-order chi connectivity index (χ1) is 8.31. The topological polar surface area (TPSA) is 29.5 Å². The van der Waals surface area contributed by atoms with Crippen molar-refractivity contribution in [3.8, 4) is 0 Å². The van der Waals surface area contributed by atoms with E-state index in [0.717, 1.165) is 12.8 Å². The Morgan fingerprint density at radius 1 is 1.35 bits per heavy atom. The average Bonchev–Trinajstić information content (AvgIpc) is 2.69. The number of hydrogen-bond donors (Lipinski definition) is 0. The fraction of sp³-hybridized carbons (Fsp3) is 0.462. The fourth-order valence-corrected chi connectivity index (χ4v) is 2.17. The van der Waals surface area contributed by atoms with Gasteiger partial charge in [0.05, 0.1) is 6.04 Å². The van der Waals surface area contributed by atoms with Crippen molar-refractivity contribution < 1.29 is 9.53 Å². The van der Waals surface area contributed by atoms with Gasteiger partial charge in [0.1, 0.15) is 6.61 Å². The number of benzene rings is 1. The second-order valence-corrected chi connectivity index (χ2v) is 4.53. The van der Waals surface area contributed by atoms with Crippen LogP contribution in [-0.4, -0.2) is 36.1 Å². The standard InChI is InChI=1S/C13H16ClNO2/c14-7-4-8-15-12(10-17-13(15)16)9-11-5-2-1-3-6-11/h1-3,5-6,12H,4,7-10H2/t12-/m0/s1. The van der Waals surface area contributed by atoms with Gasteiger partial charge in [-0.1, -0.05) is 30.3 Å². The predicted molar refractivity (Wildman–Crippen MR) is 67.3 cm³/mol. The van der Waals surface area contributed by atoms with Gasteiger partial charge in [-0.25, -0.2) is 4.79 Å². The molecule has 0 spiro atoms. The number of amides is 1. The number of rotatable bonds is 5. The summed E-state index contributed by atoms with van der Waals surface area (Å²) < 4.78 is 5.09. The number of nitrogens with zero attached hydrogens (tertiary/aromatic N) is 1. The Morgan fingerprint density at radius 2 is 2.12 bits per heavy atom. The van der Waals surface area contributed by atoms with Gasteiger partial charge < -0.3 is 9.64 Å². The smallest absolute Gasteiger partial charge is 0.410 e. The quantitative estimate of drug-likeness (QED) is 0.755. The summed E-state index contributed by atoms with van der Waals surface area (Å²) in [5.74, 6) is 0.571. The molecule has 2 rings (SSSR count). The van der Waals surface area contributed by atoms with Gasteiger partial charge in [0, 0.05) is 12.4 Å². The Hall–Kier alpha value is -1.22. The van der Waals surface area contributed by atoms with E-state index in [1.54, 1.807) is 4.90 Å². The van der Waals surface area contributed by atoms with Crippen LogP contribution in [0.4, 0.5) is 4.79 Å². The van der Waals surface area contributed by atoms with Gasteiger partial charge in [-0.2, -0.15) is 0 Å². The van der Waals surface area contributed by atoms with Crippen molar-refractivity contribution >= 4 is 17.7 Å². The van der Waals surface area contributed by atoms with Crippen LogP contribution in [-0.2, 0) is 11.2 Å². The first-order valence-electron chi connectivity index (χ1n) is 5.84. The number of alkyl halides is 1. The van der Waals surface area contributed by atoms with E-state index in [4.69, 9.17) is 16.3 Å². The van der Waals surface area contributed by atoms with Gasteiger partial charge in [-0.15, -0.1) is 11.6 Å². The number of hydrogen-bond acceptors (Lipinski definition) is 2. The molecule has 1 atom stereocenters. The zero-order valence-corrected chi connectivity index (χ0v) is 10.4. The maximum atomic E-state index is 11.5. The van der Waals surface area contributed by atoms with Crippen LogP contribution in [0.25, 0.3) is 0 Å². The van der Waals surface area contributed by atoms with Gasteiger partial charge in [0.15, 0.2) is 0 Å². The van der Waals surface area contributed by atoms with Crippen molar-refractivity contribution in [3.05, 3.63) is 35.9 Å². The molecule has 92 valence electrons. The molecule has 0 radical (unpaired) electrons. The lowest BCUT2D eigenvalue weighted by atomic mass is 10.1. The zero-order chi connectivity index (χ0) is 12.1. The van der Waals surface area contributed by atoms with Gasteiger partial charge in [-0.05, 0) is 18.4 Å². The molecule has 3 nitrogen and oxygen atoms in total. The molecule has 0 unspecified atom stereocenters. The molecule has 0 aliphatic carbocycles. The van der Waals surface area contributed by atoms with Gasteiger partial charge >= 0.3 is 6.09 Å². The maximum absolute atomic E-state index is 11.5. The summed E-state index contributed by atoms with van der Waals surface area (Å²) in [6.45, 7) is 1.16. The van der Waals surface area contributed by atoms with E-state index in [9.17, 15) is 4.79 Å². The predicted octanol–water partition coefficient (Wildman–Crippen LogP) is 2.68. The SMILES string of the molecule is O=C1OC[C@H](Cc2ccccc2)N1CCCCl. The highest BCUT2D eigenvalue weighted by Gasteiger charge is 2.32. The monoisotopic (exact) mass is 253 g/mol. The van der Waals surface area contributed by atoms with E-state index in [1.807, 2.05) is 18.2 Å². The van der Waals surface area contributed by atoms with Crippen molar-refractivity contribution in [2.24, 2.45) is 0 Å². The molecule has 0 bridgehead atoms. The second-order valence-electron chi connectivity index (χ2n) is 4.16.